The second-order valence-electron chi connectivity index (χ2n) is 24.7. The average molecular weight is 901 g/mol. The van der Waals surface area contributed by atoms with Gasteiger partial charge in [-0.25, -0.2) is 0 Å². The number of rotatable bonds is 7. The smallest absolute Gasteiger partial charge is 0.257 e. The quantitative estimate of drug-likeness (QED) is 0.260. The fourth-order valence-corrected chi connectivity index (χ4v) is 14.1. The molecule has 2 N–H and O–H groups in total. The molecule has 2 aliphatic carbocycles. The zero-order valence-corrected chi connectivity index (χ0v) is 43.7. The first-order valence-electron chi connectivity index (χ1n) is 26.8. The van der Waals surface area contributed by atoms with E-state index in [1.54, 1.807) is 7.11 Å². The number of nitrogens with zero attached hydrogens (tertiary/aromatic N) is 3. The number of aliphatic hydroxyl groups is 1. The Morgan fingerprint density at radius 1 is 0.594 bits per heavy atom. The third-order valence-electron chi connectivity index (χ3n) is 16.3. The number of β-amino-alcohol motifs (C(OH)–C–C–N with tert-alkyl or cyclic N) is 1. The van der Waals surface area contributed by atoms with Gasteiger partial charge in [-0.2, -0.15) is 0 Å². The molecule has 6 fully saturated rings. The Balaban J connectivity index is 0.000000241. The standard InChI is InChI=1S/2C27H50N2O3/c1-22(19-31-6)18-29-23(30)26(20-24(2,3)28-25(4,5)21-26)32-27(29)16-14-12-10-8-7-9-11-13-15-17-27;1-7-22(30)19-29-24(2,3)20-26(21-25(29,4)5)23(31)28(6)27(32-26)17-15-13-11-9-8-10-12-14-16-18-27/h22,28H,7-21H2,1-6H3;22,30H,7-21H2,1-6H3. The van der Waals surface area contributed by atoms with E-state index in [4.69, 9.17) is 14.2 Å². The van der Waals surface area contributed by atoms with Crippen LogP contribution in [0.25, 0.3) is 0 Å². The minimum atomic E-state index is -0.757. The van der Waals surface area contributed by atoms with Crippen LogP contribution in [-0.2, 0) is 23.8 Å². The predicted molar refractivity (Wildman–Crippen MR) is 261 cm³/mol. The monoisotopic (exact) mass is 901 g/mol. The van der Waals surface area contributed by atoms with Crippen LogP contribution < -0.4 is 5.32 Å². The number of likely N-dealkylation sites (tertiary alicyclic amines) is 1. The fourth-order valence-electron chi connectivity index (χ4n) is 14.1. The average Bonchev–Trinajstić information content (AvgIpc) is 3.49. The minimum Gasteiger partial charge on any atom is -0.392 e. The normalized spacial score (nSPS) is 29.3. The third kappa shape index (κ3) is 12.9. The first kappa shape index (κ1) is 53.7. The van der Waals surface area contributed by atoms with Gasteiger partial charge in [0.1, 0.15) is 11.4 Å². The Morgan fingerprint density at radius 2 is 0.969 bits per heavy atom. The highest BCUT2D eigenvalue weighted by Crippen LogP contribution is 2.54. The number of carbonyl (C=O) groups excluding carboxylic acids is 2. The van der Waals surface area contributed by atoms with Gasteiger partial charge in [-0.3, -0.25) is 14.5 Å². The lowest BCUT2D eigenvalue weighted by Crippen LogP contribution is -2.68. The number of amides is 2. The van der Waals surface area contributed by atoms with Crippen LogP contribution in [-0.4, -0.2) is 116 Å². The molecule has 0 aromatic heterocycles. The van der Waals surface area contributed by atoms with Crippen LogP contribution in [0.1, 0.15) is 243 Å². The molecule has 2 unspecified atom stereocenters. The second kappa shape index (κ2) is 22.0. The van der Waals surface area contributed by atoms with Crippen LogP contribution in [0.4, 0.5) is 0 Å². The van der Waals surface area contributed by atoms with E-state index in [1.165, 1.54) is 89.9 Å². The highest BCUT2D eigenvalue weighted by atomic mass is 16.6. The molecule has 372 valence electrons. The summed E-state index contributed by atoms with van der Waals surface area (Å²) in [5.74, 6) is 0.709. The Kier molecular flexibility index (Phi) is 18.4. The molecule has 10 heteroatoms. The third-order valence-corrected chi connectivity index (χ3v) is 16.3. The summed E-state index contributed by atoms with van der Waals surface area (Å²) in [5, 5.41) is 14.2. The summed E-state index contributed by atoms with van der Waals surface area (Å²) < 4.78 is 19.7. The summed E-state index contributed by atoms with van der Waals surface area (Å²) >= 11 is 0. The Morgan fingerprint density at radius 3 is 1.38 bits per heavy atom. The van der Waals surface area contributed by atoms with Crippen molar-refractivity contribution in [2.45, 2.75) is 294 Å². The van der Waals surface area contributed by atoms with E-state index >= 15 is 0 Å². The van der Waals surface area contributed by atoms with Gasteiger partial charge >= 0.3 is 0 Å². The Bertz CT molecular complexity index is 1440. The molecule has 10 nitrogen and oxygen atoms in total. The van der Waals surface area contributed by atoms with Crippen molar-refractivity contribution >= 4 is 11.8 Å². The first-order valence-corrected chi connectivity index (χ1v) is 26.8. The number of hydrogen-bond donors (Lipinski definition) is 2. The molecule has 0 aromatic carbocycles. The van der Waals surface area contributed by atoms with Crippen LogP contribution >= 0.6 is 0 Å². The van der Waals surface area contributed by atoms with E-state index < -0.39 is 22.7 Å². The van der Waals surface area contributed by atoms with Crippen LogP contribution in [0.2, 0.25) is 0 Å². The van der Waals surface area contributed by atoms with Crippen molar-refractivity contribution in [1.29, 1.82) is 0 Å². The molecule has 6 rings (SSSR count). The molecular weight excluding hydrogens is 801 g/mol. The van der Waals surface area contributed by atoms with E-state index in [0.717, 1.165) is 77.2 Å². The molecule has 0 aromatic rings. The molecule has 2 amide bonds. The van der Waals surface area contributed by atoms with Crippen LogP contribution in [0.3, 0.4) is 0 Å². The van der Waals surface area contributed by atoms with Crippen molar-refractivity contribution in [1.82, 2.24) is 20.0 Å². The summed E-state index contributed by atoms with van der Waals surface area (Å²) in [6.07, 6.45) is 29.9. The highest BCUT2D eigenvalue weighted by Gasteiger charge is 2.66. The van der Waals surface area contributed by atoms with Crippen molar-refractivity contribution in [3.63, 3.8) is 0 Å². The van der Waals surface area contributed by atoms with E-state index in [9.17, 15) is 14.7 Å². The van der Waals surface area contributed by atoms with Crippen molar-refractivity contribution < 1.29 is 28.9 Å². The zero-order chi connectivity index (χ0) is 47.1. The van der Waals surface area contributed by atoms with Gasteiger partial charge in [0.2, 0.25) is 0 Å². The van der Waals surface area contributed by atoms with Crippen molar-refractivity contribution in [2.24, 2.45) is 5.92 Å². The lowest BCUT2D eigenvalue weighted by atomic mass is 9.70. The molecular formula is C54H100N4O6. The molecule has 64 heavy (non-hydrogen) atoms. The van der Waals surface area contributed by atoms with Crippen LogP contribution in [0, 0.1) is 5.92 Å². The van der Waals surface area contributed by atoms with Crippen molar-refractivity contribution in [2.75, 3.05) is 33.9 Å². The highest BCUT2D eigenvalue weighted by molar-refractivity contribution is 5.89. The van der Waals surface area contributed by atoms with Crippen molar-refractivity contribution in [3.05, 3.63) is 0 Å². The molecule has 4 aliphatic heterocycles. The number of likely N-dealkylation sites (N-methyl/N-ethyl adjacent to an activating group) is 1. The first-order chi connectivity index (χ1) is 30.0. The number of carbonyl (C=O) groups is 2. The number of hydrogen-bond acceptors (Lipinski definition) is 8. The molecule has 0 bridgehead atoms. The van der Waals surface area contributed by atoms with Gasteiger partial charge < -0.3 is 34.4 Å². The summed E-state index contributed by atoms with van der Waals surface area (Å²) in [6, 6.07) is 0. The van der Waals surface area contributed by atoms with E-state index in [1.807, 2.05) is 18.9 Å². The fraction of sp³-hybridized carbons (Fsp3) is 0.963. The molecule has 0 radical (unpaired) electrons. The molecule has 4 saturated heterocycles. The molecule has 4 heterocycles. The maximum absolute atomic E-state index is 14.3. The molecule has 6 aliphatic rings. The van der Waals surface area contributed by atoms with E-state index in [0.29, 0.717) is 31.9 Å². The predicted octanol–water partition coefficient (Wildman–Crippen LogP) is 11.4. The number of ether oxygens (including phenoxy) is 3. The van der Waals surface area contributed by atoms with E-state index in [-0.39, 0.29) is 40.1 Å². The summed E-state index contributed by atoms with van der Waals surface area (Å²) in [6.45, 7) is 24.0. The van der Waals surface area contributed by atoms with Gasteiger partial charge in [-0.05, 0) is 119 Å². The number of piperidine rings is 2. The molecule has 4 spiro atoms. The SMILES string of the molecule is CCC(O)CN1C(C)(C)CC2(CC1(C)C)OC1(CCCCCCCCCCC1)N(C)C2=O.COCC(C)CN1C(=O)C2(CC(C)(C)NC(C)(C)C2)OC12CCCCCCCCCCC2. The zero-order valence-electron chi connectivity index (χ0n) is 43.7. The van der Waals surface area contributed by atoms with Gasteiger partial charge in [0.25, 0.3) is 11.8 Å². The second-order valence-corrected chi connectivity index (χ2v) is 24.7. The summed E-state index contributed by atoms with van der Waals surface area (Å²) in [4.78, 5) is 34.8. The topological polar surface area (TPSA) is 104 Å². The summed E-state index contributed by atoms with van der Waals surface area (Å²) in [7, 11) is 3.75. The number of methoxy groups -OCH3 is 1. The minimum absolute atomic E-state index is 0.141. The molecule has 2 saturated carbocycles. The van der Waals surface area contributed by atoms with Gasteiger partial charge in [0.15, 0.2) is 11.2 Å². The van der Waals surface area contributed by atoms with Crippen LogP contribution in [0.5, 0.6) is 0 Å². The van der Waals surface area contributed by atoms with Crippen LogP contribution in [0.15, 0.2) is 0 Å². The number of nitrogens with one attached hydrogen (secondary N) is 1. The number of aliphatic hydroxyl groups excluding tert-OH is 1. The van der Waals surface area contributed by atoms with Gasteiger partial charge in [-0.1, -0.05) is 104 Å². The molecule has 2 atom stereocenters. The van der Waals surface area contributed by atoms with Gasteiger partial charge in [0, 0.05) is 75.1 Å². The Hall–Kier alpha value is -1.30. The lowest BCUT2D eigenvalue weighted by molar-refractivity contribution is -0.201. The maximum Gasteiger partial charge on any atom is 0.257 e. The summed E-state index contributed by atoms with van der Waals surface area (Å²) in [5.41, 5.74) is -3.13. The van der Waals surface area contributed by atoms with Gasteiger partial charge in [-0.15, -0.1) is 0 Å². The van der Waals surface area contributed by atoms with E-state index in [2.05, 4.69) is 77.4 Å². The lowest BCUT2D eigenvalue weighted by Gasteiger charge is -2.58. The van der Waals surface area contributed by atoms with Crippen molar-refractivity contribution in [3.8, 4) is 0 Å². The Labute approximate surface area is 392 Å². The van der Waals surface area contributed by atoms with Gasteiger partial charge in [0.05, 0.1) is 12.7 Å². The maximum atomic E-state index is 14.3. The largest absolute Gasteiger partial charge is 0.392 e.